The molecule has 0 bridgehead atoms. The summed E-state index contributed by atoms with van der Waals surface area (Å²) < 4.78 is 33.6. The van der Waals surface area contributed by atoms with Gasteiger partial charge < -0.3 is 9.47 Å². The van der Waals surface area contributed by atoms with Gasteiger partial charge >= 0.3 is 12.6 Å². The van der Waals surface area contributed by atoms with Gasteiger partial charge in [-0.2, -0.15) is 14.0 Å². The molecule has 0 atom stereocenters. The molecule has 0 aliphatic heterocycles. The Morgan fingerprint density at radius 3 is 2.63 bits per heavy atom. The smallest absolute Gasteiger partial charge is 0.387 e. The van der Waals surface area contributed by atoms with E-state index in [-0.39, 0.29) is 23.3 Å². The van der Waals surface area contributed by atoms with Crippen molar-refractivity contribution in [2.24, 2.45) is 0 Å². The predicted molar refractivity (Wildman–Crippen MR) is 62.9 cm³/mol. The molecule has 0 saturated carbocycles. The summed E-state index contributed by atoms with van der Waals surface area (Å²) in [4.78, 5) is 11.3. The number of alkyl halides is 2. The molecule has 102 valence electrons. The quantitative estimate of drug-likeness (QED) is 0.770. The van der Waals surface area contributed by atoms with Crippen molar-refractivity contribution in [3.8, 4) is 11.8 Å². The molecular weight excluding hydrogens is 256 g/mol. The molecular formula is C13H13F2NO3. The lowest BCUT2D eigenvalue weighted by molar-refractivity contribution is -0.139. The summed E-state index contributed by atoms with van der Waals surface area (Å²) in [5.74, 6) is -0.851. The van der Waals surface area contributed by atoms with Gasteiger partial charge in [0.25, 0.3) is 0 Å². The van der Waals surface area contributed by atoms with E-state index in [0.717, 1.165) is 5.56 Å². The van der Waals surface area contributed by atoms with Crippen LogP contribution >= 0.6 is 0 Å². The average Bonchev–Trinajstić information content (AvgIpc) is 2.39. The van der Waals surface area contributed by atoms with Gasteiger partial charge in [0, 0.05) is 5.56 Å². The van der Waals surface area contributed by atoms with Crippen LogP contribution in [0.2, 0.25) is 0 Å². The maximum Gasteiger partial charge on any atom is 0.387 e. The number of ether oxygens (including phenoxy) is 2. The number of carbonyl (C=O) groups is 1. The molecule has 0 aliphatic rings. The predicted octanol–water partition coefficient (Wildman–Crippen LogP) is 2.44. The molecule has 1 aromatic rings. The minimum Gasteiger partial charge on any atom is -0.469 e. The van der Waals surface area contributed by atoms with Crippen molar-refractivity contribution in [1.29, 1.82) is 5.26 Å². The first-order valence-corrected chi connectivity index (χ1v) is 5.59. The van der Waals surface area contributed by atoms with Crippen LogP contribution in [-0.2, 0) is 22.4 Å². The first kappa shape index (κ1) is 14.9. The molecule has 0 spiro atoms. The zero-order chi connectivity index (χ0) is 14.4. The van der Waals surface area contributed by atoms with E-state index in [2.05, 4.69) is 9.47 Å². The summed E-state index contributed by atoms with van der Waals surface area (Å²) in [6, 6.07) is 4.83. The summed E-state index contributed by atoms with van der Waals surface area (Å²) in [5.41, 5.74) is 0.971. The minimum absolute atomic E-state index is 0.0152. The number of carbonyl (C=O) groups excluding carboxylic acids is 1. The van der Waals surface area contributed by atoms with Gasteiger partial charge in [-0.3, -0.25) is 4.79 Å². The van der Waals surface area contributed by atoms with Crippen molar-refractivity contribution in [2.75, 3.05) is 7.11 Å². The molecule has 0 heterocycles. The Bertz CT molecular complexity index is 509. The number of aryl methyl sites for hydroxylation is 1. The van der Waals surface area contributed by atoms with E-state index >= 15 is 0 Å². The molecule has 19 heavy (non-hydrogen) atoms. The number of methoxy groups -OCH3 is 1. The SMILES string of the molecule is CCc1cc(C#N)c(OC(F)F)c(CC(=O)OC)c1. The van der Waals surface area contributed by atoms with Crippen molar-refractivity contribution >= 4 is 5.97 Å². The lowest BCUT2D eigenvalue weighted by Gasteiger charge is -2.13. The van der Waals surface area contributed by atoms with Crippen molar-refractivity contribution < 1.29 is 23.0 Å². The third-order valence-corrected chi connectivity index (χ3v) is 2.52. The van der Waals surface area contributed by atoms with Gasteiger partial charge in [-0.05, 0) is 18.1 Å². The van der Waals surface area contributed by atoms with Crippen molar-refractivity contribution in [1.82, 2.24) is 0 Å². The number of esters is 1. The second-order valence-corrected chi connectivity index (χ2v) is 3.73. The van der Waals surface area contributed by atoms with E-state index in [1.165, 1.54) is 13.2 Å². The highest BCUT2D eigenvalue weighted by Crippen LogP contribution is 2.28. The number of nitriles is 1. The summed E-state index contributed by atoms with van der Waals surface area (Å²) in [7, 11) is 1.20. The van der Waals surface area contributed by atoms with Gasteiger partial charge in [0.2, 0.25) is 0 Å². The molecule has 4 nitrogen and oxygen atoms in total. The molecule has 0 saturated heterocycles. The van der Waals surface area contributed by atoms with Gasteiger partial charge in [-0.1, -0.05) is 13.0 Å². The summed E-state index contributed by atoms with van der Waals surface area (Å²) >= 11 is 0. The highest BCUT2D eigenvalue weighted by Gasteiger charge is 2.18. The number of benzene rings is 1. The minimum atomic E-state index is -3.06. The van der Waals surface area contributed by atoms with E-state index in [1.54, 1.807) is 12.1 Å². The van der Waals surface area contributed by atoms with Crippen molar-refractivity contribution in [3.05, 3.63) is 28.8 Å². The van der Waals surface area contributed by atoms with Crippen LogP contribution in [0.15, 0.2) is 12.1 Å². The molecule has 1 aromatic carbocycles. The van der Waals surface area contributed by atoms with Gasteiger partial charge in [0.05, 0.1) is 19.1 Å². The van der Waals surface area contributed by atoms with Crippen LogP contribution in [-0.4, -0.2) is 19.7 Å². The summed E-state index contributed by atoms with van der Waals surface area (Å²) in [6.07, 6.45) is 0.388. The fourth-order valence-electron chi connectivity index (χ4n) is 1.63. The second kappa shape index (κ2) is 6.69. The Labute approximate surface area is 109 Å². The van der Waals surface area contributed by atoms with Gasteiger partial charge in [-0.15, -0.1) is 0 Å². The van der Waals surface area contributed by atoms with Crippen LogP contribution in [0.25, 0.3) is 0 Å². The van der Waals surface area contributed by atoms with Crippen molar-refractivity contribution in [2.45, 2.75) is 26.4 Å². The third kappa shape index (κ3) is 3.91. The summed E-state index contributed by atoms with van der Waals surface area (Å²) in [5, 5.41) is 8.98. The number of hydrogen-bond acceptors (Lipinski definition) is 4. The maximum absolute atomic E-state index is 12.4. The fraction of sp³-hybridized carbons (Fsp3) is 0.385. The molecule has 1 rings (SSSR count). The topological polar surface area (TPSA) is 59.3 Å². The number of hydrogen-bond donors (Lipinski definition) is 0. The van der Waals surface area contributed by atoms with Crippen LogP contribution in [0, 0.1) is 11.3 Å². The molecule has 0 amide bonds. The fourth-order valence-corrected chi connectivity index (χ4v) is 1.63. The first-order chi connectivity index (χ1) is 9.01. The Hall–Kier alpha value is -2.16. The van der Waals surface area contributed by atoms with E-state index in [1.807, 2.05) is 6.92 Å². The van der Waals surface area contributed by atoms with Gasteiger partial charge in [-0.25, -0.2) is 0 Å². The third-order valence-electron chi connectivity index (χ3n) is 2.52. The normalized spacial score (nSPS) is 10.1. The zero-order valence-electron chi connectivity index (χ0n) is 10.6. The lowest BCUT2D eigenvalue weighted by atomic mass is 10.0. The Morgan fingerprint density at radius 1 is 1.47 bits per heavy atom. The molecule has 0 fully saturated rings. The molecule has 0 unspecified atom stereocenters. The van der Waals surface area contributed by atoms with Crippen LogP contribution < -0.4 is 4.74 Å². The highest BCUT2D eigenvalue weighted by atomic mass is 19.3. The van der Waals surface area contributed by atoms with Crippen LogP contribution in [0.3, 0.4) is 0 Å². The largest absolute Gasteiger partial charge is 0.469 e. The molecule has 0 radical (unpaired) electrons. The second-order valence-electron chi connectivity index (χ2n) is 3.73. The number of rotatable bonds is 5. The Balaban J connectivity index is 3.29. The highest BCUT2D eigenvalue weighted by molar-refractivity contribution is 5.74. The monoisotopic (exact) mass is 269 g/mol. The Morgan fingerprint density at radius 2 is 2.16 bits per heavy atom. The van der Waals surface area contributed by atoms with Gasteiger partial charge in [0.1, 0.15) is 11.8 Å². The maximum atomic E-state index is 12.4. The average molecular weight is 269 g/mol. The molecule has 0 aliphatic carbocycles. The number of halogens is 2. The lowest BCUT2D eigenvalue weighted by Crippen LogP contribution is -2.11. The zero-order valence-corrected chi connectivity index (χ0v) is 10.6. The van der Waals surface area contributed by atoms with E-state index in [0.29, 0.717) is 6.42 Å². The van der Waals surface area contributed by atoms with Crippen LogP contribution in [0.5, 0.6) is 5.75 Å². The Kier molecular flexibility index (Phi) is 5.24. The first-order valence-electron chi connectivity index (χ1n) is 5.59. The van der Waals surface area contributed by atoms with Crippen LogP contribution in [0.1, 0.15) is 23.6 Å². The van der Waals surface area contributed by atoms with Gasteiger partial charge in [0.15, 0.2) is 0 Å². The van der Waals surface area contributed by atoms with E-state index in [4.69, 9.17) is 5.26 Å². The van der Waals surface area contributed by atoms with Crippen LogP contribution in [0.4, 0.5) is 8.78 Å². The number of nitrogens with zero attached hydrogens (tertiary/aromatic N) is 1. The van der Waals surface area contributed by atoms with E-state index in [9.17, 15) is 13.6 Å². The van der Waals surface area contributed by atoms with E-state index < -0.39 is 12.6 Å². The standard InChI is InChI=1S/C13H13F2NO3/c1-3-8-4-9(6-11(17)18-2)12(19-13(14)15)10(5-8)7-16/h4-5,13H,3,6H2,1-2H3. The molecule has 0 N–H and O–H groups in total. The molecule has 0 aromatic heterocycles. The summed E-state index contributed by atoms with van der Waals surface area (Å²) in [6.45, 7) is -1.21. The van der Waals surface area contributed by atoms with Crippen molar-refractivity contribution in [3.63, 3.8) is 0 Å². The molecule has 6 heteroatoms.